The minimum absolute atomic E-state index is 0.278. The van der Waals surface area contributed by atoms with E-state index in [0.717, 1.165) is 24.4 Å². The first kappa shape index (κ1) is 17.0. The molecule has 0 saturated carbocycles. The molecule has 1 heterocycles. The van der Waals surface area contributed by atoms with E-state index in [-0.39, 0.29) is 6.54 Å². The van der Waals surface area contributed by atoms with Crippen LogP contribution in [0.1, 0.15) is 17.8 Å². The summed E-state index contributed by atoms with van der Waals surface area (Å²) in [6.45, 7) is 3.46. The summed E-state index contributed by atoms with van der Waals surface area (Å²) in [5.41, 5.74) is 1.63. The third kappa shape index (κ3) is 4.82. The van der Waals surface area contributed by atoms with Crippen LogP contribution in [0, 0.1) is 6.92 Å². The summed E-state index contributed by atoms with van der Waals surface area (Å²) in [7, 11) is 1.60. The highest BCUT2D eigenvalue weighted by Gasteiger charge is 2.23. The van der Waals surface area contributed by atoms with Gasteiger partial charge in [0, 0.05) is 26.3 Å². The maximum Gasteiger partial charge on any atom is 0.281 e. The number of hydrogen-bond acceptors (Lipinski definition) is 4. The molecule has 1 N–H and O–H groups in total. The van der Waals surface area contributed by atoms with Crippen LogP contribution in [-0.2, 0) is 16.8 Å². The van der Waals surface area contributed by atoms with Crippen LogP contribution in [-0.4, -0.2) is 56.2 Å². The van der Waals surface area contributed by atoms with E-state index >= 15 is 0 Å². The first-order valence-corrected chi connectivity index (χ1v) is 8.02. The zero-order valence-electron chi connectivity index (χ0n) is 12.6. The highest BCUT2D eigenvalue weighted by atomic mass is 32.2. The van der Waals surface area contributed by atoms with Gasteiger partial charge in [0.1, 0.15) is 0 Å². The Labute approximate surface area is 122 Å². The molecule has 0 bridgehead atoms. The Morgan fingerprint density at radius 1 is 1.25 bits per heavy atom. The summed E-state index contributed by atoms with van der Waals surface area (Å²) in [5, 5.41) is 3.00. The second-order valence-corrected chi connectivity index (χ2v) is 6.96. The van der Waals surface area contributed by atoms with Gasteiger partial charge in [0.25, 0.3) is 10.2 Å². The minimum atomic E-state index is -3.43. The molecular formula is C13H24N4O2S. The first-order chi connectivity index (χ1) is 9.37. The third-order valence-electron chi connectivity index (χ3n) is 3.02. The van der Waals surface area contributed by atoms with Crippen molar-refractivity contribution in [1.82, 2.24) is 18.9 Å². The Morgan fingerprint density at radius 2 is 1.95 bits per heavy atom. The van der Waals surface area contributed by atoms with Crippen molar-refractivity contribution in [2.45, 2.75) is 19.9 Å². The molecule has 0 aliphatic carbocycles. The van der Waals surface area contributed by atoms with Gasteiger partial charge in [-0.15, -0.1) is 0 Å². The number of rotatable bonds is 8. The van der Waals surface area contributed by atoms with Crippen LogP contribution in [0.25, 0.3) is 0 Å². The normalized spacial score (nSPS) is 12.3. The molecule has 0 fully saturated rings. The summed E-state index contributed by atoms with van der Waals surface area (Å²) in [6, 6.07) is 5.61. The fraction of sp³-hybridized carbons (Fsp3) is 0.615. The monoisotopic (exact) mass is 300 g/mol. The molecule has 6 nitrogen and oxygen atoms in total. The zero-order valence-corrected chi connectivity index (χ0v) is 13.4. The SMILES string of the molecule is CNCCCN(C)S(=O)(=O)N(C)Cc1cccc(C)n1. The van der Waals surface area contributed by atoms with Gasteiger partial charge in [-0.25, -0.2) is 0 Å². The van der Waals surface area contributed by atoms with E-state index in [1.165, 1.54) is 8.61 Å². The molecule has 0 atom stereocenters. The van der Waals surface area contributed by atoms with Crippen molar-refractivity contribution < 1.29 is 8.42 Å². The molecule has 0 aromatic carbocycles. The van der Waals surface area contributed by atoms with E-state index in [1.807, 2.05) is 32.2 Å². The molecule has 0 radical (unpaired) electrons. The van der Waals surface area contributed by atoms with Crippen LogP contribution < -0.4 is 5.32 Å². The van der Waals surface area contributed by atoms with Gasteiger partial charge in [-0.1, -0.05) is 6.07 Å². The number of pyridine rings is 1. The number of nitrogens with zero attached hydrogens (tertiary/aromatic N) is 3. The van der Waals surface area contributed by atoms with E-state index in [9.17, 15) is 8.42 Å². The molecule has 1 rings (SSSR count). The van der Waals surface area contributed by atoms with E-state index in [0.29, 0.717) is 6.54 Å². The topological polar surface area (TPSA) is 65.5 Å². The van der Waals surface area contributed by atoms with Crippen LogP contribution in [0.5, 0.6) is 0 Å². The zero-order chi connectivity index (χ0) is 15.2. The minimum Gasteiger partial charge on any atom is -0.320 e. The summed E-state index contributed by atoms with van der Waals surface area (Å²) in [4.78, 5) is 4.33. The Morgan fingerprint density at radius 3 is 2.55 bits per heavy atom. The molecule has 114 valence electrons. The predicted molar refractivity (Wildman–Crippen MR) is 80.5 cm³/mol. The molecule has 20 heavy (non-hydrogen) atoms. The molecule has 0 aliphatic rings. The van der Waals surface area contributed by atoms with Crippen molar-refractivity contribution in [2.24, 2.45) is 0 Å². The summed E-state index contributed by atoms with van der Waals surface area (Å²) >= 11 is 0. The summed E-state index contributed by atoms with van der Waals surface area (Å²) in [6.07, 6.45) is 0.781. The molecule has 7 heteroatoms. The highest BCUT2D eigenvalue weighted by molar-refractivity contribution is 7.86. The molecule has 0 amide bonds. The van der Waals surface area contributed by atoms with Crippen molar-refractivity contribution in [1.29, 1.82) is 0 Å². The first-order valence-electron chi connectivity index (χ1n) is 6.62. The number of nitrogens with one attached hydrogen (secondary N) is 1. The van der Waals surface area contributed by atoms with Crippen molar-refractivity contribution in [3.63, 3.8) is 0 Å². The quantitative estimate of drug-likeness (QED) is 0.714. The van der Waals surface area contributed by atoms with Gasteiger partial charge in [0.2, 0.25) is 0 Å². The van der Waals surface area contributed by atoms with Gasteiger partial charge in [-0.05, 0) is 39.1 Å². The van der Waals surface area contributed by atoms with Crippen molar-refractivity contribution in [2.75, 3.05) is 34.2 Å². The van der Waals surface area contributed by atoms with Crippen molar-refractivity contribution in [3.05, 3.63) is 29.6 Å². The lowest BCUT2D eigenvalue weighted by atomic mass is 10.3. The van der Waals surface area contributed by atoms with Gasteiger partial charge in [0.05, 0.1) is 12.2 Å². The average Bonchev–Trinajstić information content (AvgIpc) is 2.38. The van der Waals surface area contributed by atoms with Gasteiger partial charge in [-0.3, -0.25) is 4.98 Å². The number of aryl methyl sites for hydroxylation is 1. The van der Waals surface area contributed by atoms with Gasteiger partial charge >= 0.3 is 0 Å². The maximum absolute atomic E-state index is 12.3. The maximum atomic E-state index is 12.3. The van der Waals surface area contributed by atoms with Crippen LogP contribution >= 0.6 is 0 Å². The largest absolute Gasteiger partial charge is 0.320 e. The fourth-order valence-corrected chi connectivity index (χ4v) is 2.96. The number of hydrogen-bond donors (Lipinski definition) is 1. The van der Waals surface area contributed by atoms with E-state index in [2.05, 4.69) is 10.3 Å². The third-order valence-corrected chi connectivity index (χ3v) is 4.91. The fourth-order valence-electron chi connectivity index (χ4n) is 1.83. The Kier molecular flexibility index (Phi) is 6.54. The number of aromatic nitrogens is 1. The standard InChI is InChI=1S/C13H24N4O2S/c1-12-7-5-8-13(15-12)11-17(4)20(18,19)16(3)10-6-9-14-2/h5,7-8,14H,6,9-11H2,1-4H3. The second-order valence-electron chi connectivity index (χ2n) is 4.81. The Balaban J connectivity index is 2.66. The average molecular weight is 300 g/mol. The van der Waals surface area contributed by atoms with Gasteiger partial charge < -0.3 is 5.32 Å². The van der Waals surface area contributed by atoms with Crippen LogP contribution in [0.15, 0.2) is 18.2 Å². The Bertz CT molecular complexity index is 519. The smallest absolute Gasteiger partial charge is 0.281 e. The summed E-state index contributed by atoms with van der Waals surface area (Å²) < 4.78 is 27.3. The van der Waals surface area contributed by atoms with Gasteiger partial charge in [0.15, 0.2) is 0 Å². The van der Waals surface area contributed by atoms with E-state index in [1.54, 1.807) is 14.1 Å². The molecule has 0 saturated heterocycles. The van der Waals surface area contributed by atoms with Gasteiger partial charge in [-0.2, -0.15) is 17.0 Å². The van der Waals surface area contributed by atoms with Crippen LogP contribution in [0.3, 0.4) is 0 Å². The predicted octanol–water partition coefficient (Wildman–Crippen LogP) is 0.608. The highest BCUT2D eigenvalue weighted by Crippen LogP contribution is 2.09. The molecule has 1 aromatic rings. The molecule has 1 aromatic heterocycles. The molecular weight excluding hydrogens is 276 g/mol. The lowest BCUT2D eigenvalue weighted by Crippen LogP contribution is -2.40. The van der Waals surface area contributed by atoms with E-state index < -0.39 is 10.2 Å². The van der Waals surface area contributed by atoms with Crippen LogP contribution in [0.2, 0.25) is 0 Å². The lowest BCUT2D eigenvalue weighted by Gasteiger charge is -2.24. The van der Waals surface area contributed by atoms with Crippen molar-refractivity contribution in [3.8, 4) is 0 Å². The lowest BCUT2D eigenvalue weighted by molar-refractivity contribution is 0.383. The molecule has 0 spiro atoms. The Hall–Kier alpha value is -1.02. The summed E-state index contributed by atoms with van der Waals surface area (Å²) in [5.74, 6) is 0. The molecule has 0 aliphatic heterocycles. The van der Waals surface area contributed by atoms with Crippen LogP contribution in [0.4, 0.5) is 0 Å². The molecule has 0 unspecified atom stereocenters. The second kappa shape index (κ2) is 7.68. The van der Waals surface area contributed by atoms with Crippen molar-refractivity contribution >= 4 is 10.2 Å². The van der Waals surface area contributed by atoms with E-state index in [4.69, 9.17) is 0 Å².